The second kappa shape index (κ2) is 5.77. The number of thiazole rings is 2. The second-order valence-corrected chi connectivity index (χ2v) is 7.48. The van der Waals surface area contributed by atoms with Crippen LogP contribution >= 0.6 is 22.7 Å². The fourth-order valence-corrected chi connectivity index (χ4v) is 4.40. The average molecular weight is 336 g/mol. The van der Waals surface area contributed by atoms with E-state index in [1.807, 2.05) is 18.7 Å². The van der Waals surface area contributed by atoms with E-state index in [9.17, 15) is 9.59 Å². The zero-order valence-electron chi connectivity index (χ0n) is 12.6. The minimum Gasteiger partial charge on any atom is -0.332 e. The molecular weight excluding hydrogens is 320 g/mol. The van der Waals surface area contributed by atoms with Crippen LogP contribution < -0.4 is 5.32 Å². The van der Waals surface area contributed by atoms with Crippen LogP contribution in [0.5, 0.6) is 0 Å². The molecule has 2 amide bonds. The van der Waals surface area contributed by atoms with Gasteiger partial charge in [-0.2, -0.15) is 0 Å². The minimum absolute atomic E-state index is 0.0308. The molecular formula is C14H16N4O2S2. The number of rotatable bonds is 2. The maximum absolute atomic E-state index is 12.6. The molecule has 0 saturated heterocycles. The molecule has 2 aromatic rings. The van der Waals surface area contributed by atoms with Gasteiger partial charge < -0.3 is 10.2 Å². The summed E-state index contributed by atoms with van der Waals surface area (Å²) < 4.78 is 0. The van der Waals surface area contributed by atoms with Crippen molar-refractivity contribution < 1.29 is 9.59 Å². The number of aromatic nitrogens is 2. The van der Waals surface area contributed by atoms with Crippen LogP contribution in [0.25, 0.3) is 0 Å². The van der Waals surface area contributed by atoms with Crippen molar-refractivity contribution >= 4 is 39.6 Å². The predicted molar refractivity (Wildman–Crippen MR) is 86.5 cm³/mol. The lowest BCUT2D eigenvalue weighted by Crippen LogP contribution is -2.35. The molecule has 0 atom stereocenters. The minimum atomic E-state index is -0.130. The molecule has 2 aromatic heterocycles. The van der Waals surface area contributed by atoms with E-state index < -0.39 is 0 Å². The van der Waals surface area contributed by atoms with Gasteiger partial charge in [0.05, 0.1) is 22.9 Å². The van der Waals surface area contributed by atoms with Crippen LogP contribution in [0.3, 0.4) is 0 Å². The third kappa shape index (κ3) is 2.89. The van der Waals surface area contributed by atoms with E-state index >= 15 is 0 Å². The molecule has 6 nitrogen and oxygen atoms in total. The molecule has 1 aliphatic rings. The third-order valence-corrected chi connectivity index (χ3v) is 5.46. The Labute approximate surface area is 136 Å². The Morgan fingerprint density at radius 3 is 2.64 bits per heavy atom. The molecule has 0 unspecified atom stereocenters. The predicted octanol–water partition coefficient (Wildman–Crippen LogP) is 2.37. The molecule has 1 N–H and O–H groups in total. The smallest absolute Gasteiger partial charge is 0.266 e. The number of amides is 2. The third-order valence-electron chi connectivity index (χ3n) is 3.40. The molecule has 0 bridgehead atoms. The highest BCUT2D eigenvalue weighted by atomic mass is 32.1. The summed E-state index contributed by atoms with van der Waals surface area (Å²) in [5.74, 6) is -0.0991. The lowest BCUT2D eigenvalue weighted by atomic mass is 10.1. The van der Waals surface area contributed by atoms with E-state index in [1.165, 1.54) is 29.6 Å². The molecule has 1 aliphatic heterocycles. The van der Waals surface area contributed by atoms with Crippen molar-refractivity contribution in [2.45, 2.75) is 33.7 Å². The lowest BCUT2D eigenvalue weighted by Gasteiger charge is -2.25. The lowest BCUT2D eigenvalue weighted by molar-refractivity contribution is -0.114. The first-order chi connectivity index (χ1) is 10.4. The summed E-state index contributed by atoms with van der Waals surface area (Å²) in [7, 11) is 0. The Bertz CT molecular complexity index is 750. The van der Waals surface area contributed by atoms with E-state index in [1.54, 1.807) is 0 Å². The fraction of sp³-hybridized carbons (Fsp3) is 0.429. The van der Waals surface area contributed by atoms with Gasteiger partial charge >= 0.3 is 0 Å². The number of nitrogens with one attached hydrogen (secondary N) is 1. The highest BCUT2D eigenvalue weighted by Gasteiger charge is 2.27. The summed E-state index contributed by atoms with van der Waals surface area (Å²) in [6.45, 7) is 6.43. The van der Waals surface area contributed by atoms with Crippen molar-refractivity contribution in [3.63, 3.8) is 0 Å². The molecule has 0 saturated carbocycles. The van der Waals surface area contributed by atoms with Gasteiger partial charge in [-0.1, -0.05) is 11.3 Å². The zero-order chi connectivity index (χ0) is 15.9. The van der Waals surface area contributed by atoms with E-state index in [-0.39, 0.29) is 11.8 Å². The van der Waals surface area contributed by atoms with Crippen LogP contribution in [0.4, 0.5) is 5.13 Å². The van der Waals surface area contributed by atoms with Crippen molar-refractivity contribution in [2.24, 2.45) is 0 Å². The van der Waals surface area contributed by atoms with Crippen LogP contribution in [0.15, 0.2) is 0 Å². The quantitative estimate of drug-likeness (QED) is 0.913. The number of anilines is 1. The summed E-state index contributed by atoms with van der Waals surface area (Å²) in [5, 5.41) is 4.22. The van der Waals surface area contributed by atoms with Crippen molar-refractivity contribution in [3.05, 3.63) is 26.1 Å². The van der Waals surface area contributed by atoms with E-state index in [0.29, 0.717) is 29.5 Å². The summed E-state index contributed by atoms with van der Waals surface area (Å²) in [5.41, 5.74) is 1.77. The Kier molecular flexibility index (Phi) is 3.96. The maximum Gasteiger partial charge on any atom is 0.266 e. The number of aryl methyl sites for hydroxylation is 2. The zero-order valence-corrected chi connectivity index (χ0v) is 14.2. The largest absolute Gasteiger partial charge is 0.332 e. The van der Waals surface area contributed by atoms with Crippen LogP contribution in [-0.2, 0) is 17.8 Å². The van der Waals surface area contributed by atoms with Crippen molar-refractivity contribution in [2.75, 3.05) is 11.9 Å². The van der Waals surface area contributed by atoms with Gasteiger partial charge in [0.1, 0.15) is 4.88 Å². The van der Waals surface area contributed by atoms with Crippen LogP contribution in [0.2, 0.25) is 0 Å². The van der Waals surface area contributed by atoms with Crippen molar-refractivity contribution in [1.29, 1.82) is 0 Å². The number of carbonyl (C=O) groups excluding carboxylic acids is 2. The number of nitrogens with zero attached hydrogens (tertiary/aromatic N) is 3. The van der Waals surface area contributed by atoms with Gasteiger partial charge in [0.25, 0.3) is 5.91 Å². The van der Waals surface area contributed by atoms with Gasteiger partial charge in [-0.15, -0.1) is 11.3 Å². The molecule has 3 heterocycles. The summed E-state index contributed by atoms with van der Waals surface area (Å²) in [6, 6.07) is 0. The molecule has 0 spiro atoms. The highest BCUT2D eigenvalue weighted by Crippen LogP contribution is 2.30. The molecule has 116 valence electrons. The van der Waals surface area contributed by atoms with Crippen molar-refractivity contribution in [3.8, 4) is 0 Å². The van der Waals surface area contributed by atoms with Gasteiger partial charge in [0, 0.05) is 24.8 Å². The first kappa shape index (κ1) is 15.1. The molecule has 8 heteroatoms. The SMILES string of the molecule is CC(=O)Nc1nc2c(s1)CN(C(=O)c1sc(C)nc1C)CC2. The van der Waals surface area contributed by atoms with Gasteiger partial charge in [-0.05, 0) is 13.8 Å². The maximum atomic E-state index is 12.6. The van der Waals surface area contributed by atoms with Gasteiger partial charge in [0.15, 0.2) is 5.13 Å². The second-order valence-electron chi connectivity index (χ2n) is 5.19. The number of hydrogen-bond donors (Lipinski definition) is 1. The molecule has 3 rings (SSSR count). The van der Waals surface area contributed by atoms with E-state index in [2.05, 4.69) is 15.3 Å². The highest BCUT2D eigenvalue weighted by molar-refractivity contribution is 7.16. The first-order valence-electron chi connectivity index (χ1n) is 6.93. The summed E-state index contributed by atoms with van der Waals surface area (Å²) in [4.78, 5) is 36.1. The first-order valence-corrected chi connectivity index (χ1v) is 8.57. The van der Waals surface area contributed by atoms with Gasteiger partial charge in [0.2, 0.25) is 5.91 Å². The number of hydrogen-bond acceptors (Lipinski definition) is 6. The molecule has 0 aromatic carbocycles. The monoisotopic (exact) mass is 336 g/mol. The molecule has 0 aliphatic carbocycles. The van der Waals surface area contributed by atoms with Crippen LogP contribution in [0.1, 0.15) is 37.9 Å². The Morgan fingerprint density at radius 2 is 2.00 bits per heavy atom. The Hall–Kier alpha value is -1.80. The normalized spacial score (nSPS) is 13.9. The van der Waals surface area contributed by atoms with E-state index in [0.717, 1.165) is 21.3 Å². The average Bonchev–Trinajstić information content (AvgIpc) is 2.98. The van der Waals surface area contributed by atoms with Crippen LogP contribution in [-0.4, -0.2) is 33.2 Å². The number of carbonyl (C=O) groups is 2. The van der Waals surface area contributed by atoms with E-state index in [4.69, 9.17) is 0 Å². The molecule has 0 fully saturated rings. The molecule has 22 heavy (non-hydrogen) atoms. The van der Waals surface area contributed by atoms with Crippen molar-refractivity contribution in [1.82, 2.24) is 14.9 Å². The topological polar surface area (TPSA) is 75.2 Å². The van der Waals surface area contributed by atoms with Gasteiger partial charge in [-0.3, -0.25) is 9.59 Å². The Balaban J connectivity index is 1.79. The summed E-state index contributed by atoms with van der Waals surface area (Å²) >= 11 is 2.88. The Morgan fingerprint density at radius 1 is 1.23 bits per heavy atom. The standard InChI is InChI=1S/C14H16N4O2S2/c1-7-12(21-9(3)15-7)13(20)18-5-4-10-11(6-18)22-14(17-10)16-8(2)19/h4-6H2,1-3H3,(H,16,17,19). The fourth-order valence-electron chi connectivity index (χ4n) is 2.45. The summed E-state index contributed by atoms with van der Waals surface area (Å²) in [6.07, 6.45) is 0.716. The molecule has 0 radical (unpaired) electrons. The number of fused-ring (bicyclic) bond motifs is 1. The van der Waals surface area contributed by atoms with Gasteiger partial charge in [-0.25, -0.2) is 9.97 Å². The van der Waals surface area contributed by atoms with Crippen LogP contribution in [0, 0.1) is 13.8 Å².